The number of benzene rings is 2. The Labute approximate surface area is 169 Å². The number of rotatable bonds is 7. The smallest absolute Gasteiger partial charge is 0.336 e. The van der Waals surface area contributed by atoms with E-state index in [1.165, 1.54) is 0 Å². The van der Waals surface area contributed by atoms with E-state index >= 15 is 0 Å². The lowest BCUT2D eigenvalue weighted by atomic mass is 9.85. The number of fused-ring (bicyclic) bond motifs is 1. The number of hydrogen-bond acceptors (Lipinski definition) is 3. The molecule has 0 amide bonds. The summed E-state index contributed by atoms with van der Waals surface area (Å²) in [6.45, 7) is 6.44. The van der Waals surface area contributed by atoms with Gasteiger partial charge in [-0.2, -0.15) is 0 Å². The van der Waals surface area contributed by atoms with Crippen molar-refractivity contribution in [2.75, 3.05) is 19.6 Å². The minimum Gasteiger partial charge on any atom is -0.479 e. The number of nitrogens with zero attached hydrogens (tertiary/aromatic N) is 2. The maximum atomic E-state index is 12.5. The molecule has 4 nitrogen and oxygen atoms in total. The predicted molar refractivity (Wildman–Crippen MR) is 110 cm³/mol. The average molecular weight is 405 g/mol. The highest BCUT2D eigenvalue weighted by Gasteiger charge is 2.48. The molecule has 0 bridgehead atoms. The normalized spacial score (nSPS) is 18.5. The maximum absolute atomic E-state index is 12.5. The molecule has 0 saturated heterocycles. The van der Waals surface area contributed by atoms with Crippen LogP contribution < -0.4 is 0 Å². The predicted octanol–water partition coefficient (Wildman–Crippen LogP) is 4.86. The summed E-state index contributed by atoms with van der Waals surface area (Å²) in [4.78, 5) is 19.4. The van der Waals surface area contributed by atoms with E-state index in [0.717, 1.165) is 18.7 Å². The molecule has 1 aliphatic heterocycles. The van der Waals surface area contributed by atoms with Crippen molar-refractivity contribution in [1.29, 1.82) is 0 Å². The van der Waals surface area contributed by atoms with Crippen LogP contribution in [0.15, 0.2) is 47.5 Å². The molecule has 0 aliphatic carbocycles. The number of aliphatic carboxylic acids is 1. The average Bonchev–Trinajstić information content (AvgIpc) is 2.99. The fourth-order valence-electron chi connectivity index (χ4n) is 3.61. The molecule has 0 spiro atoms. The van der Waals surface area contributed by atoms with Crippen LogP contribution in [-0.2, 0) is 10.3 Å². The molecule has 1 heterocycles. The summed E-state index contributed by atoms with van der Waals surface area (Å²) >= 11 is 12.7. The van der Waals surface area contributed by atoms with E-state index in [0.29, 0.717) is 39.8 Å². The zero-order chi connectivity index (χ0) is 19.6. The van der Waals surface area contributed by atoms with Crippen molar-refractivity contribution in [2.24, 2.45) is 4.99 Å². The first-order valence-corrected chi connectivity index (χ1v) is 9.79. The summed E-state index contributed by atoms with van der Waals surface area (Å²) < 4.78 is 0. The van der Waals surface area contributed by atoms with Crippen LogP contribution in [0, 0.1) is 0 Å². The fraction of sp³-hybridized carbons (Fsp3) is 0.333. The summed E-state index contributed by atoms with van der Waals surface area (Å²) in [7, 11) is 0. The molecule has 1 N–H and O–H groups in total. The van der Waals surface area contributed by atoms with Gasteiger partial charge in [0, 0.05) is 39.7 Å². The van der Waals surface area contributed by atoms with Gasteiger partial charge in [0.05, 0.1) is 5.71 Å². The largest absolute Gasteiger partial charge is 0.479 e. The summed E-state index contributed by atoms with van der Waals surface area (Å²) in [5.41, 5.74) is 1.29. The molecule has 1 atom stereocenters. The first kappa shape index (κ1) is 19.9. The minimum atomic E-state index is -1.41. The lowest BCUT2D eigenvalue weighted by Crippen LogP contribution is -2.37. The monoisotopic (exact) mass is 404 g/mol. The molecule has 1 aliphatic rings. The third-order valence-corrected chi connectivity index (χ3v) is 5.63. The molecule has 142 valence electrons. The number of hydrogen-bond donors (Lipinski definition) is 1. The van der Waals surface area contributed by atoms with E-state index in [2.05, 4.69) is 18.7 Å². The SMILES string of the molecule is CCN(CC)CCC1(C(=O)O)N=C(c2ccccc2)c2cc(Cl)cc(Cl)c21. The molecule has 0 radical (unpaired) electrons. The van der Waals surface area contributed by atoms with Crippen LogP contribution in [0.4, 0.5) is 0 Å². The van der Waals surface area contributed by atoms with E-state index in [4.69, 9.17) is 28.2 Å². The lowest BCUT2D eigenvalue weighted by Gasteiger charge is -2.27. The van der Waals surface area contributed by atoms with Gasteiger partial charge in [0.25, 0.3) is 0 Å². The standard InChI is InChI=1S/C21H22Cl2N2O2/c1-3-25(4-2)11-10-21(20(26)27)18-16(12-15(22)13-17(18)23)19(24-21)14-8-6-5-7-9-14/h5-9,12-13H,3-4,10-11H2,1-2H3,(H,26,27). The molecule has 1 unspecified atom stereocenters. The van der Waals surface area contributed by atoms with Crippen LogP contribution in [0.1, 0.15) is 37.0 Å². The molecular formula is C21H22Cl2N2O2. The van der Waals surface area contributed by atoms with Gasteiger partial charge in [-0.25, -0.2) is 4.79 Å². The van der Waals surface area contributed by atoms with Crippen LogP contribution in [0.2, 0.25) is 10.0 Å². The summed E-state index contributed by atoms with van der Waals surface area (Å²) in [6, 6.07) is 12.9. The summed E-state index contributed by atoms with van der Waals surface area (Å²) in [5, 5.41) is 11.0. The molecule has 3 rings (SSSR count). The van der Waals surface area contributed by atoms with Crippen LogP contribution in [-0.4, -0.2) is 41.3 Å². The maximum Gasteiger partial charge on any atom is 0.336 e. The number of aliphatic imine (C=N–C) groups is 1. The van der Waals surface area contributed by atoms with E-state index in [-0.39, 0.29) is 0 Å². The molecule has 0 aromatic heterocycles. The van der Waals surface area contributed by atoms with Crippen molar-refractivity contribution in [3.63, 3.8) is 0 Å². The molecule has 2 aromatic rings. The Kier molecular flexibility index (Phi) is 5.89. The second-order valence-corrected chi connectivity index (χ2v) is 7.42. The second kappa shape index (κ2) is 8.01. The van der Waals surface area contributed by atoms with Gasteiger partial charge in [-0.3, -0.25) is 4.99 Å². The van der Waals surface area contributed by atoms with Crippen molar-refractivity contribution in [2.45, 2.75) is 25.8 Å². The quantitative estimate of drug-likeness (QED) is 0.716. The van der Waals surface area contributed by atoms with Gasteiger partial charge in [0.15, 0.2) is 5.54 Å². The molecule has 0 saturated carbocycles. The van der Waals surface area contributed by atoms with Crippen LogP contribution in [0.5, 0.6) is 0 Å². The number of halogens is 2. The number of carbonyl (C=O) groups is 1. The summed E-state index contributed by atoms with van der Waals surface area (Å²) in [5.74, 6) is -0.994. The van der Waals surface area contributed by atoms with Gasteiger partial charge in [-0.15, -0.1) is 0 Å². The van der Waals surface area contributed by atoms with E-state index in [1.54, 1.807) is 12.1 Å². The third-order valence-electron chi connectivity index (χ3n) is 5.11. The lowest BCUT2D eigenvalue weighted by molar-refractivity contribution is -0.143. The Morgan fingerprint density at radius 3 is 2.41 bits per heavy atom. The summed E-state index contributed by atoms with van der Waals surface area (Å²) in [6.07, 6.45) is 0.342. The van der Waals surface area contributed by atoms with Gasteiger partial charge in [-0.05, 0) is 25.2 Å². The number of carboxylic acids is 1. The third kappa shape index (κ3) is 3.62. The molecule has 0 fully saturated rings. The van der Waals surface area contributed by atoms with Gasteiger partial charge >= 0.3 is 5.97 Å². The van der Waals surface area contributed by atoms with Crippen molar-refractivity contribution < 1.29 is 9.90 Å². The van der Waals surface area contributed by atoms with Crippen LogP contribution in [0.3, 0.4) is 0 Å². The highest BCUT2D eigenvalue weighted by atomic mass is 35.5. The Balaban J connectivity index is 2.18. The van der Waals surface area contributed by atoms with E-state index < -0.39 is 11.5 Å². The van der Waals surface area contributed by atoms with Gasteiger partial charge in [-0.1, -0.05) is 67.4 Å². The first-order valence-electron chi connectivity index (χ1n) is 9.03. The Hall–Kier alpha value is -1.88. The molecule has 27 heavy (non-hydrogen) atoms. The van der Waals surface area contributed by atoms with E-state index in [1.807, 2.05) is 30.3 Å². The highest BCUT2D eigenvalue weighted by Crippen LogP contribution is 2.45. The van der Waals surface area contributed by atoms with Gasteiger partial charge < -0.3 is 10.0 Å². The van der Waals surface area contributed by atoms with Crippen LogP contribution in [0.25, 0.3) is 0 Å². The van der Waals surface area contributed by atoms with Gasteiger partial charge in [0.2, 0.25) is 0 Å². The Morgan fingerprint density at radius 2 is 1.81 bits per heavy atom. The van der Waals surface area contributed by atoms with Gasteiger partial charge in [0.1, 0.15) is 0 Å². The minimum absolute atomic E-state index is 0.342. The number of carboxylic acid groups (broad SMARTS) is 1. The zero-order valence-electron chi connectivity index (χ0n) is 15.4. The second-order valence-electron chi connectivity index (χ2n) is 6.58. The fourth-order valence-corrected chi connectivity index (χ4v) is 4.26. The highest BCUT2D eigenvalue weighted by molar-refractivity contribution is 6.37. The Morgan fingerprint density at radius 1 is 1.15 bits per heavy atom. The molecule has 6 heteroatoms. The molecular weight excluding hydrogens is 383 g/mol. The Bertz CT molecular complexity index is 879. The topological polar surface area (TPSA) is 52.9 Å². The van der Waals surface area contributed by atoms with Crippen molar-refractivity contribution in [3.8, 4) is 0 Å². The van der Waals surface area contributed by atoms with E-state index in [9.17, 15) is 9.90 Å². The van der Waals surface area contributed by atoms with Crippen LogP contribution >= 0.6 is 23.2 Å². The molecule has 2 aromatic carbocycles. The van der Waals surface area contributed by atoms with Crippen molar-refractivity contribution in [1.82, 2.24) is 4.90 Å². The van der Waals surface area contributed by atoms with Crippen molar-refractivity contribution in [3.05, 3.63) is 69.2 Å². The first-order chi connectivity index (χ1) is 12.9. The zero-order valence-corrected chi connectivity index (χ0v) is 16.9. The van der Waals surface area contributed by atoms with Crippen molar-refractivity contribution >= 4 is 34.9 Å².